The van der Waals surface area contributed by atoms with E-state index in [1.165, 1.54) is 0 Å². The van der Waals surface area contributed by atoms with Crippen LogP contribution < -0.4 is 4.74 Å². The lowest BCUT2D eigenvalue weighted by molar-refractivity contribution is -0.114. The minimum atomic E-state index is -2.27. The number of aldehydes is 1. The van der Waals surface area contributed by atoms with E-state index in [-0.39, 0.29) is 12.7 Å². The second-order valence-electron chi connectivity index (χ2n) is 3.48. The van der Waals surface area contributed by atoms with E-state index in [0.717, 1.165) is 0 Å². The van der Waals surface area contributed by atoms with Gasteiger partial charge in [0, 0.05) is 0 Å². The Morgan fingerprint density at radius 1 is 1.00 bits per heavy atom. The van der Waals surface area contributed by atoms with Crippen LogP contribution in [0.1, 0.15) is 19.8 Å². The molecule has 1 aromatic carbocycles. The molecular formula is C11H9F5O2. The summed E-state index contributed by atoms with van der Waals surface area (Å²) in [5.74, 6) is -12.1. The molecule has 1 rings (SSSR count). The summed E-state index contributed by atoms with van der Waals surface area (Å²) in [6.45, 7) is 1.67. The van der Waals surface area contributed by atoms with Gasteiger partial charge in [-0.25, -0.2) is 13.2 Å². The van der Waals surface area contributed by atoms with E-state index in [9.17, 15) is 26.7 Å². The van der Waals surface area contributed by atoms with Gasteiger partial charge in [0.1, 0.15) is 0 Å². The zero-order chi connectivity index (χ0) is 13.9. The molecular weight excluding hydrogens is 259 g/mol. The van der Waals surface area contributed by atoms with Gasteiger partial charge in [-0.15, -0.1) is 0 Å². The van der Waals surface area contributed by atoms with Gasteiger partial charge in [-0.1, -0.05) is 13.3 Å². The quantitative estimate of drug-likeness (QED) is 0.355. The zero-order valence-corrected chi connectivity index (χ0v) is 9.28. The fourth-order valence-electron chi connectivity index (χ4n) is 1.28. The fraction of sp³-hybridized carbons (Fsp3) is 0.364. The summed E-state index contributed by atoms with van der Waals surface area (Å²) in [4.78, 5) is 10.5. The molecule has 18 heavy (non-hydrogen) atoms. The molecule has 0 saturated carbocycles. The van der Waals surface area contributed by atoms with Crippen molar-refractivity contribution in [2.24, 2.45) is 0 Å². The van der Waals surface area contributed by atoms with Gasteiger partial charge in [0.2, 0.25) is 29.1 Å². The molecule has 0 fully saturated rings. The van der Waals surface area contributed by atoms with Crippen LogP contribution in [-0.4, -0.2) is 12.4 Å². The molecule has 0 spiro atoms. The number of carbonyl (C=O) groups excluding carboxylic acids is 1. The summed E-state index contributed by atoms with van der Waals surface area (Å²) in [6.07, 6.45) is -0.480. The van der Waals surface area contributed by atoms with Crippen molar-refractivity contribution < 1.29 is 31.5 Å². The Kier molecular flexibility index (Phi) is 4.63. The summed E-state index contributed by atoms with van der Waals surface area (Å²) in [7, 11) is 0. The predicted molar refractivity (Wildman–Crippen MR) is 51.6 cm³/mol. The summed E-state index contributed by atoms with van der Waals surface area (Å²) in [5, 5.41) is 0. The van der Waals surface area contributed by atoms with Crippen molar-refractivity contribution in [1.82, 2.24) is 0 Å². The van der Waals surface area contributed by atoms with Gasteiger partial charge < -0.3 is 4.74 Å². The van der Waals surface area contributed by atoms with Crippen LogP contribution in [0.5, 0.6) is 5.75 Å². The SMILES string of the molecule is CCCC(C=O)Oc1c(F)c(F)c(F)c(F)c1F. The van der Waals surface area contributed by atoms with Crippen LogP contribution >= 0.6 is 0 Å². The van der Waals surface area contributed by atoms with Crippen LogP contribution in [0.3, 0.4) is 0 Å². The van der Waals surface area contributed by atoms with E-state index in [1.807, 2.05) is 0 Å². The van der Waals surface area contributed by atoms with Crippen molar-refractivity contribution in [3.63, 3.8) is 0 Å². The third-order valence-electron chi connectivity index (χ3n) is 2.16. The molecule has 1 unspecified atom stereocenters. The van der Waals surface area contributed by atoms with Crippen molar-refractivity contribution in [1.29, 1.82) is 0 Å². The van der Waals surface area contributed by atoms with E-state index in [4.69, 9.17) is 0 Å². The van der Waals surface area contributed by atoms with Gasteiger partial charge in [-0.05, 0) is 6.42 Å². The van der Waals surface area contributed by atoms with Crippen LogP contribution in [-0.2, 0) is 4.79 Å². The van der Waals surface area contributed by atoms with Crippen molar-refractivity contribution in [2.45, 2.75) is 25.9 Å². The van der Waals surface area contributed by atoms with Crippen molar-refractivity contribution in [3.8, 4) is 5.75 Å². The van der Waals surface area contributed by atoms with E-state index < -0.39 is 40.9 Å². The smallest absolute Gasteiger partial charge is 0.207 e. The first-order chi connectivity index (χ1) is 8.43. The van der Waals surface area contributed by atoms with Crippen LogP contribution in [0.25, 0.3) is 0 Å². The summed E-state index contributed by atoms with van der Waals surface area (Å²) in [5.41, 5.74) is 0. The third kappa shape index (κ3) is 2.60. The number of hydrogen-bond donors (Lipinski definition) is 0. The highest BCUT2D eigenvalue weighted by molar-refractivity contribution is 5.56. The van der Waals surface area contributed by atoms with Crippen molar-refractivity contribution in [2.75, 3.05) is 0 Å². The number of rotatable bonds is 5. The summed E-state index contributed by atoms with van der Waals surface area (Å²) < 4.78 is 69.2. The summed E-state index contributed by atoms with van der Waals surface area (Å²) >= 11 is 0. The number of hydrogen-bond acceptors (Lipinski definition) is 2. The van der Waals surface area contributed by atoms with Crippen LogP contribution in [0.15, 0.2) is 0 Å². The standard InChI is InChI=1S/C11H9F5O2/c1-2-3-5(4-17)18-11-9(15)7(13)6(12)8(14)10(11)16/h4-5H,2-3H2,1H3. The highest BCUT2D eigenvalue weighted by Gasteiger charge is 2.28. The molecule has 0 aliphatic rings. The topological polar surface area (TPSA) is 26.3 Å². The van der Waals surface area contributed by atoms with E-state index >= 15 is 0 Å². The molecule has 1 atom stereocenters. The lowest BCUT2D eigenvalue weighted by atomic mass is 10.2. The fourth-order valence-corrected chi connectivity index (χ4v) is 1.28. The van der Waals surface area contributed by atoms with Gasteiger partial charge in [0.25, 0.3) is 0 Å². The molecule has 0 aliphatic heterocycles. The van der Waals surface area contributed by atoms with Gasteiger partial charge in [0.05, 0.1) is 0 Å². The Bertz CT molecular complexity index is 432. The highest BCUT2D eigenvalue weighted by atomic mass is 19.2. The number of ether oxygens (including phenoxy) is 1. The number of carbonyl (C=O) groups is 1. The molecule has 0 N–H and O–H groups in total. The maximum absolute atomic E-state index is 13.2. The summed E-state index contributed by atoms with van der Waals surface area (Å²) in [6, 6.07) is 0. The first-order valence-electron chi connectivity index (χ1n) is 5.07. The van der Waals surface area contributed by atoms with E-state index in [2.05, 4.69) is 4.74 Å². The monoisotopic (exact) mass is 268 g/mol. The minimum Gasteiger partial charge on any atom is -0.477 e. The molecule has 0 aliphatic carbocycles. The molecule has 0 aromatic heterocycles. The maximum Gasteiger partial charge on any atom is 0.207 e. The molecule has 0 bridgehead atoms. The molecule has 1 aromatic rings. The van der Waals surface area contributed by atoms with Crippen molar-refractivity contribution in [3.05, 3.63) is 29.1 Å². The Morgan fingerprint density at radius 2 is 1.44 bits per heavy atom. The third-order valence-corrected chi connectivity index (χ3v) is 2.16. The van der Waals surface area contributed by atoms with Gasteiger partial charge >= 0.3 is 0 Å². The first kappa shape index (κ1) is 14.4. The van der Waals surface area contributed by atoms with Gasteiger partial charge in [-0.3, -0.25) is 4.79 Å². The second-order valence-corrected chi connectivity index (χ2v) is 3.48. The van der Waals surface area contributed by atoms with E-state index in [0.29, 0.717) is 6.42 Å². The van der Waals surface area contributed by atoms with Crippen LogP contribution in [0.4, 0.5) is 22.0 Å². The molecule has 100 valence electrons. The zero-order valence-electron chi connectivity index (χ0n) is 9.28. The Hall–Kier alpha value is -1.66. The molecule has 7 heteroatoms. The molecule has 0 amide bonds. The first-order valence-corrected chi connectivity index (χ1v) is 5.07. The maximum atomic E-state index is 13.2. The van der Waals surface area contributed by atoms with Gasteiger partial charge in [-0.2, -0.15) is 8.78 Å². The average Bonchev–Trinajstić information content (AvgIpc) is 2.37. The number of benzene rings is 1. The second kappa shape index (κ2) is 5.79. The average molecular weight is 268 g/mol. The molecule has 0 saturated heterocycles. The Balaban J connectivity index is 3.20. The van der Waals surface area contributed by atoms with Crippen molar-refractivity contribution >= 4 is 6.29 Å². The number of halogens is 5. The normalized spacial score (nSPS) is 12.3. The Labute approximate surface area is 99.4 Å². The minimum absolute atomic E-state index is 0.100. The Morgan fingerprint density at radius 3 is 1.83 bits per heavy atom. The van der Waals surface area contributed by atoms with E-state index in [1.54, 1.807) is 6.92 Å². The lowest BCUT2D eigenvalue weighted by Crippen LogP contribution is -2.20. The van der Waals surface area contributed by atoms with Crippen LogP contribution in [0, 0.1) is 29.1 Å². The molecule has 0 heterocycles. The predicted octanol–water partition coefficient (Wildman–Crippen LogP) is 3.13. The van der Waals surface area contributed by atoms with Gasteiger partial charge in [0.15, 0.2) is 18.1 Å². The highest BCUT2D eigenvalue weighted by Crippen LogP contribution is 2.30. The molecule has 0 radical (unpaired) electrons. The molecule has 2 nitrogen and oxygen atoms in total. The largest absolute Gasteiger partial charge is 0.477 e. The van der Waals surface area contributed by atoms with Crippen LogP contribution in [0.2, 0.25) is 0 Å². The lowest BCUT2D eigenvalue weighted by Gasteiger charge is -2.14.